The van der Waals surface area contributed by atoms with Crippen molar-refractivity contribution in [3.8, 4) is 0 Å². The number of anilines is 3. The summed E-state index contributed by atoms with van der Waals surface area (Å²) in [7, 11) is 0. The van der Waals surface area contributed by atoms with Gasteiger partial charge < -0.3 is 15.5 Å². The average molecular weight is 325 g/mol. The maximum atomic E-state index is 12.1. The van der Waals surface area contributed by atoms with Gasteiger partial charge in [-0.25, -0.2) is 0 Å². The fourth-order valence-electron chi connectivity index (χ4n) is 2.58. The summed E-state index contributed by atoms with van der Waals surface area (Å²) in [5.41, 5.74) is 5.42. The number of carbonyl (C=O) groups excluding carboxylic acids is 1. The number of rotatable bonds is 7. The molecule has 0 atom stereocenters. The molecule has 128 valence electrons. The summed E-state index contributed by atoms with van der Waals surface area (Å²) in [6, 6.07) is 14.1. The van der Waals surface area contributed by atoms with E-state index in [1.54, 1.807) is 0 Å². The molecule has 0 saturated carbocycles. The Morgan fingerprint density at radius 3 is 2.12 bits per heavy atom. The zero-order valence-electron chi connectivity index (χ0n) is 15.0. The Hall–Kier alpha value is -2.49. The highest BCUT2D eigenvalue weighted by Gasteiger charge is 2.05. The SMILES string of the molecule is CCN(CC)c1ccc(NC(=O)CNc2ccc(C)c(C)c2)cc1. The number of amides is 1. The van der Waals surface area contributed by atoms with Crippen LogP contribution in [0.1, 0.15) is 25.0 Å². The first-order valence-electron chi connectivity index (χ1n) is 8.49. The van der Waals surface area contributed by atoms with Gasteiger partial charge in [-0.05, 0) is 75.2 Å². The highest BCUT2D eigenvalue weighted by atomic mass is 16.1. The van der Waals surface area contributed by atoms with E-state index in [2.05, 4.69) is 55.4 Å². The topological polar surface area (TPSA) is 44.4 Å². The van der Waals surface area contributed by atoms with Crippen molar-refractivity contribution in [1.82, 2.24) is 0 Å². The lowest BCUT2D eigenvalue weighted by atomic mass is 10.1. The molecule has 1 amide bonds. The third kappa shape index (κ3) is 4.75. The molecule has 2 N–H and O–H groups in total. The van der Waals surface area contributed by atoms with Crippen LogP contribution < -0.4 is 15.5 Å². The van der Waals surface area contributed by atoms with Crippen LogP contribution in [0.5, 0.6) is 0 Å². The van der Waals surface area contributed by atoms with Gasteiger partial charge in [0.2, 0.25) is 5.91 Å². The molecule has 4 nitrogen and oxygen atoms in total. The highest BCUT2D eigenvalue weighted by Crippen LogP contribution is 2.18. The molecule has 0 spiro atoms. The molecule has 0 unspecified atom stereocenters. The Balaban J connectivity index is 1.88. The predicted octanol–water partition coefficient (Wildman–Crippen LogP) is 4.20. The lowest BCUT2D eigenvalue weighted by Gasteiger charge is -2.21. The molecule has 2 aromatic rings. The quantitative estimate of drug-likeness (QED) is 0.802. The number of hydrogen-bond acceptors (Lipinski definition) is 3. The smallest absolute Gasteiger partial charge is 0.243 e. The van der Waals surface area contributed by atoms with E-state index >= 15 is 0 Å². The summed E-state index contributed by atoms with van der Waals surface area (Å²) in [5.74, 6) is -0.0520. The second-order valence-corrected chi connectivity index (χ2v) is 5.92. The van der Waals surface area contributed by atoms with E-state index in [9.17, 15) is 4.79 Å². The lowest BCUT2D eigenvalue weighted by Crippen LogP contribution is -2.23. The van der Waals surface area contributed by atoms with Crippen molar-refractivity contribution < 1.29 is 4.79 Å². The van der Waals surface area contributed by atoms with Gasteiger partial charge in [0, 0.05) is 30.2 Å². The third-order valence-electron chi connectivity index (χ3n) is 4.24. The first-order chi connectivity index (χ1) is 11.5. The van der Waals surface area contributed by atoms with E-state index in [-0.39, 0.29) is 12.5 Å². The van der Waals surface area contributed by atoms with Gasteiger partial charge in [0.05, 0.1) is 6.54 Å². The molecular weight excluding hydrogens is 298 g/mol. The van der Waals surface area contributed by atoms with Crippen molar-refractivity contribution in [2.45, 2.75) is 27.7 Å². The molecule has 0 fully saturated rings. The predicted molar refractivity (Wildman–Crippen MR) is 103 cm³/mol. The van der Waals surface area contributed by atoms with Crippen molar-refractivity contribution in [2.75, 3.05) is 35.2 Å². The monoisotopic (exact) mass is 325 g/mol. The molecule has 2 aromatic carbocycles. The Morgan fingerprint density at radius 2 is 1.54 bits per heavy atom. The molecule has 0 saturated heterocycles. The van der Waals surface area contributed by atoms with Crippen molar-refractivity contribution in [2.24, 2.45) is 0 Å². The van der Waals surface area contributed by atoms with E-state index in [1.165, 1.54) is 16.8 Å². The van der Waals surface area contributed by atoms with Gasteiger partial charge in [-0.3, -0.25) is 4.79 Å². The summed E-state index contributed by atoms with van der Waals surface area (Å²) in [5, 5.41) is 6.08. The molecule has 0 aliphatic carbocycles. The Morgan fingerprint density at radius 1 is 0.917 bits per heavy atom. The first kappa shape index (κ1) is 17.9. The Bertz CT molecular complexity index is 676. The number of aryl methyl sites for hydroxylation is 2. The molecule has 0 aliphatic heterocycles. The van der Waals surface area contributed by atoms with Crippen LogP contribution in [0.4, 0.5) is 17.1 Å². The van der Waals surface area contributed by atoms with Crippen LogP contribution >= 0.6 is 0 Å². The normalized spacial score (nSPS) is 10.3. The molecule has 24 heavy (non-hydrogen) atoms. The van der Waals surface area contributed by atoms with Crippen LogP contribution in [0.25, 0.3) is 0 Å². The van der Waals surface area contributed by atoms with Crippen LogP contribution in [-0.4, -0.2) is 25.5 Å². The minimum Gasteiger partial charge on any atom is -0.376 e. The zero-order valence-corrected chi connectivity index (χ0v) is 15.0. The van der Waals surface area contributed by atoms with Crippen LogP contribution in [0.15, 0.2) is 42.5 Å². The molecule has 0 heterocycles. The van der Waals surface area contributed by atoms with E-state index in [1.807, 2.05) is 30.3 Å². The second-order valence-electron chi connectivity index (χ2n) is 5.92. The third-order valence-corrected chi connectivity index (χ3v) is 4.24. The minimum atomic E-state index is -0.0520. The van der Waals surface area contributed by atoms with Gasteiger partial charge in [0.1, 0.15) is 0 Å². The Labute approximate surface area is 144 Å². The fourth-order valence-corrected chi connectivity index (χ4v) is 2.58. The van der Waals surface area contributed by atoms with Gasteiger partial charge in [0.15, 0.2) is 0 Å². The molecule has 2 rings (SSSR count). The minimum absolute atomic E-state index is 0.0520. The van der Waals surface area contributed by atoms with Crippen LogP contribution in [0, 0.1) is 13.8 Å². The second kappa shape index (κ2) is 8.39. The number of hydrogen-bond donors (Lipinski definition) is 2. The summed E-state index contributed by atoms with van der Waals surface area (Å²) in [6.45, 7) is 10.6. The van der Waals surface area contributed by atoms with Crippen molar-refractivity contribution in [3.63, 3.8) is 0 Å². The first-order valence-corrected chi connectivity index (χ1v) is 8.49. The van der Waals surface area contributed by atoms with Gasteiger partial charge in [-0.15, -0.1) is 0 Å². The highest BCUT2D eigenvalue weighted by molar-refractivity contribution is 5.93. The van der Waals surface area contributed by atoms with Crippen molar-refractivity contribution in [1.29, 1.82) is 0 Å². The van der Waals surface area contributed by atoms with Crippen LogP contribution in [0.3, 0.4) is 0 Å². The fraction of sp³-hybridized carbons (Fsp3) is 0.350. The molecule has 4 heteroatoms. The van der Waals surface area contributed by atoms with E-state index < -0.39 is 0 Å². The van der Waals surface area contributed by atoms with Gasteiger partial charge in [-0.2, -0.15) is 0 Å². The van der Waals surface area contributed by atoms with Crippen molar-refractivity contribution in [3.05, 3.63) is 53.6 Å². The van der Waals surface area contributed by atoms with E-state index in [4.69, 9.17) is 0 Å². The maximum Gasteiger partial charge on any atom is 0.243 e. The van der Waals surface area contributed by atoms with Crippen LogP contribution in [-0.2, 0) is 4.79 Å². The summed E-state index contributed by atoms with van der Waals surface area (Å²) in [6.07, 6.45) is 0. The number of benzene rings is 2. The molecule has 0 radical (unpaired) electrons. The van der Waals surface area contributed by atoms with Crippen molar-refractivity contribution >= 4 is 23.0 Å². The Kier molecular flexibility index (Phi) is 6.24. The molecule has 0 bridgehead atoms. The summed E-state index contributed by atoms with van der Waals surface area (Å²) >= 11 is 0. The number of nitrogens with one attached hydrogen (secondary N) is 2. The maximum absolute atomic E-state index is 12.1. The molecular formula is C20H27N3O. The summed E-state index contributed by atoms with van der Waals surface area (Å²) < 4.78 is 0. The molecule has 0 aliphatic rings. The van der Waals surface area contributed by atoms with E-state index in [0.717, 1.165) is 24.5 Å². The van der Waals surface area contributed by atoms with Gasteiger partial charge in [-0.1, -0.05) is 6.07 Å². The lowest BCUT2D eigenvalue weighted by molar-refractivity contribution is -0.114. The number of nitrogens with zero attached hydrogens (tertiary/aromatic N) is 1. The zero-order chi connectivity index (χ0) is 17.5. The number of carbonyl (C=O) groups is 1. The van der Waals surface area contributed by atoms with Gasteiger partial charge >= 0.3 is 0 Å². The van der Waals surface area contributed by atoms with Crippen LogP contribution in [0.2, 0.25) is 0 Å². The summed E-state index contributed by atoms with van der Waals surface area (Å²) in [4.78, 5) is 14.4. The standard InChI is InChI=1S/C20H27N3O/c1-5-23(6-2)19-11-9-17(10-12-19)22-20(24)14-21-18-8-7-15(3)16(4)13-18/h7-13,21H,5-6,14H2,1-4H3,(H,22,24). The molecule has 0 aromatic heterocycles. The van der Waals surface area contributed by atoms with Gasteiger partial charge in [0.25, 0.3) is 0 Å². The van der Waals surface area contributed by atoms with E-state index in [0.29, 0.717) is 0 Å². The largest absolute Gasteiger partial charge is 0.376 e. The average Bonchev–Trinajstić information content (AvgIpc) is 2.58.